The molecule has 4 nitrogen and oxygen atoms in total. The number of fused-ring (bicyclic) bond motifs is 5. The van der Waals surface area contributed by atoms with E-state index < -0.39 is 0 Å². The summed E-state index contributed by atoms with van der Waals surface area (Å²) in [5, 5.41) is 1.28. The SMILES string of the molecule is CC1CCN(c2ncnc3c2sc2nc(-c4ccccc4)c4c(c23)CCC4)CC1. The van der Waals surface area contributed by atoms with Gasteiger partial charge in [-0.3, -0.25) is 0 Å². The molecule has 0 saturated carbocycles. The van der Waals surface area contributed by atoms with Crippen LogP contribution in [-0.4, -0.2) is 28.0 Å². The fourth-order valence-electron chi connectivity index (χ4n) is 4.97. The summed E-state index contributed by atoms with van der Waals surface area (Å²) >= 11 is 1.78. The van der Waals surface area contributed by atoms with Crippen molar-refractivity contribution in [2.45, 2.75) is 39.0 Å². The van der Waals surface area contributed by atoms with Crippen molar-refractivity contribution in [3.8, 4) is 11.3 Å². The van der Waals surface area contributed by atoms with Crippen LogP contribution in [0.15, 0.2) is 36.7 Å². The van der Waals surface area contributed by atoms with Gasteiger partial charge < -0.3 is 4.90 Å². The van der Waals surface area contributed by atoms with Crippen LogP contribution in [0.2, 0.25) is 0 Å². The van der Waals surface area contributed by atoms with Gasteiger partial charge in [0.2, 0.25) is 0 Å². The summed E-state index contributed by atoms with van der Waals surface area (Å²) < 4.78 is 1.21. The molecule has 1 aromatic carbocycles. The lowest BCUT2D eigenvalue weighted by Crippen LogP contribution is -2.33. The zero-order valence-electron chi connectivity index (χ0n) is 16.7. The minimum atomic E-state index is 0.810. The average molecular weight is 401 g/mol. The molecule has 0 spiro atoms. The van der Waals surface area contributed by atoms with Crippen LogP contribution in [-0.2, 0) is 12.8 Å². The predicted octanol–water partition coefficient (Wildman–Crippen LogP) is 5.63. The Kier molecular flexibility index (Phi) is 4.05. The highest BCUT2D eigenvalue weighted by atomic mass is 32.1. The summed E-state index contributed by atoms with van der Waals surface area (Å²) in [4.78, 5) is 18.2. The summed E-state index contributed by atoms with van der Waals surface area (Å²) in [5.74, 6) is 1.92. The molecule has 146 valence electrons. The molecule has 1 aliphatic carbocycles. The third-order valence-electron chi connectivity index (χ3n) is 6.58. The molecule has 0 unspecified atom stereocenters. The van der Waals surface area contributed by atoms with Crippen molar-refractivity contribution in [3.63, 3.8) is 0 Å². The molecule has 0 N–H and O–H groups in total. The van der Waals surface area contributed by atoms with Crippen LogP contribution in [0, 0.1) is 5.92 Å². The van der Waals surface area contributed by atoms with E-state index in [-0.39, 0.29) is 0 Å². The van der Waals surface area contributed by atoms with Gasteiger partial charge in [0.1, 0.15) is 17.0 Å². The van der Waals surface area contributed by atoms with Crippen LogP contribution in [0.4, 0.5) is 5.82 Å². The number of piperidine rings is 1. The number of benzene rings is 1. The highest BCUT2D eigenvalue weighted by Gasteiger charge is 2.26. The number of rotatable bonds is 2. The maximum absolute atomic E-state index is 5.18. The van der Waals surface area contributed by atoms with Gasteiger partial charge in [-0.25, -0.2) is 15.0 Å². The van der Waals surface area contributed by atoms with E-state index in [1.54, 1.807) is 17.7 Å². The van der Waals surface area contributed by atoms with Crippen molar-refractivity contribution >= 4 is 37.6 Å². The first-order chi connectivity index (χ1) is 14.3. The van der Waals surface area contributed by atoms with E-state index >= 15 is 0 Å². The first kappa shape index (κ1) is 17.3. The average Bonchev–Trinajstić information content (AvgIpc) is 3.38. The number of thiophene rings is 1. The predicted molar refractivity (Wildman–Crippen MR) is 121 cm³/mol. The molecule has 0 atom stereocenters. The molecule has 5 heteroatoms. The summed E-state index contributed by atoms with van der Waals surface area (Å²) in [6.07, 6.45) is 7.68. The Labute approximate surface area is 174 Å². The van der Waals surface area contributed by atoms with E-state index in [4.69, 9.17) is 15.0 Å². The smallest absolute Gasteiger partial charge is 0.150 e. The van der Waals surface area contributed by atoms with E-state index in [1.807, 2.05) is 0 Å². The second kappa shape index (κ2) is 6.77. The summed E-state index contributed by atoms with van der Waals surface area (Å²) in [6.45, 7) is 4.52. The molecule has 0 bridgehead atoms. The normalized spacial score (nSPS) is 17.3. The summed E-state index contributed by atoms with van der Waals surface area (Å²) in [6, 6.07) is 10.6. The van der Waals surface area contributed by atoms with Crippen molar-refractivity contribution < 1.29 is 0 Å². The molecule has 4 heterocycles. The summed E-state index contributed by atoms with van der Waals surface area (Å²) in [5.41, 5.74) is 6.39. The molecule has 0 amide bonds. The number of aryl methyl sites for hydroxylation is 1. The fourth-order valence-corrected chi connectivity index (χ4v) is 6.14. The number of nitrogens with zero attached hydrogens (tertiary/aromatic N) is 4. The van der Waals surface area contributed by atoms with Crippen molar-refractivity contribution in [1.29, 1.82) is 0 Å². The topological polar surface area (TPSA) is 41.9 Å². The van der Waals surface area contributed by atoms with Gasteiger partial charge in [-0.1, -0.05) is 37.3 Å². The van der Waals surface area contributed by atoms with Crippen LogP contribution >= 0.6 is 11.3 Å². The molecule has 3 aromatic heterocycles. The highest BCUT2D eigenvalue weighted by molar-refractivity contribution is 7.26. The quantitative estimate of drug-likeness (QED) is 0.437. The molecule has 4 aromatic rings. The number of hydrogen-bond acceptors (Lipinski definition) is 5. The van der Waals surface area contributed by atoms with E-state index in [2.05, 4.69) is 42.2 Å². The van der Waals surface area contributed by atoms with Crippen molar-refractivity contribution in [3.05, 3.63) is 47.8 Å². The minimum absolute atomic E-state index is 0.810. The third kappa shape index (κ3) is 2.75. The summed E-state index contributed by atoms with van der Waals surface area (Å²) in [7, 11) is 0. The van der Waals surface area contributed by atoms with Gasteiger partial charge in [-0.2, -0.15) is 0 Å². The van der Waals surface area contributed by atoms with Crippen LogP contribution in [0.25, 0.3) is 31.7 Å². The molecular weight excluding hydrogens is 376 g/mol. The van der Waals surface area contributed by atoms with Gasteiger partial charge in [0.05, 0.1) is 15.9 Å². The molecule has 29 heavy (non-hydrogen) atoms. The number of pyridine rings is 1. The van der Waals surface area contributed by atoms with Gasteiger partial charge in [0.25, 0.3) is 0 Å². The Bertz CT molecular complexity index is 1210. The first-order valence-electron chi connectivity index (χ1n) is 10.7. The van der Waals surface area contributed by atoms with Crippen molar-refractivity contribution in [2.24, 2.45) is 5.92 Å². The third-order valence-corrected chi connectivity index (χ3v) is 7.65. The maximum Gasteiger partial charge on any atom is 0.150 e. The lowest BCUT2D eigenvalue weighted by atomic mass is 9.99. The Balaban J connectivity index is 1.58. The first-order valence-corrected chi connectivity index (χ1v) is 11.5. The largest absolute Gasteiger partial charge is 0.355 e. The molecule has 1 fully saturated rings. The Morgan fingerprint density at radius 2 is 1.79 bits per heavy atom. The number of anilines is 1. The van der Waals surface area contributed by atoms with E-state index in [0.717, 1.165) is 48.0 Å². The fraction of sp³-hybridized carbons (Fsp3) is 0.375. The van der Waals surface area contributed by atoms with Gasteiger partial charge in [0.15, 0.2) is 0 Å². The maximum atomic E-state index is 5.18. The molecule has 1 aliphatic heterocycles. The number of hydrogen-bond donors (Lipinski definition) is 0. The molecule has 2 aliphatic rings. The van der Waals surface area contributed by atoms with Gasteiger partial charge >= 0.3 is 0 Å². The monoisotopic (exact) mass is 400 g/mol. The zero-order valence-corrected chi connectivity index (χ0v) is 17.5. The second-order valence-electron chi connectivity index (χ2n) is 8.46. The van der Waals surface area contributed by atoms with Crippen molar-refractivity contribution in [2.75, 3.05) is 18.0 Å². The Hall–Kier alpha value is -2.53. The standard InChI is InChI=1S/C24H24N4S/c1-15-10-12-28(13-11-15)23-22-21(25-14-26-23)19-17-8-5-9-18(17)20(27-24(19)29-22)16-6-3-2-4-7-16/h2-4,6-7,14-15H,5,8-13H2,1H3. The zero-order chi connectivity index (χ0) is 19.4. The van der Waals surface area contributed by atoms with Crippen LogP contribution in [0.3, 0.4) is 0 Å². The van der Waals surface area contributed by atoms with Crippen LogP contribution in [0.5, 0.6) is 0 Å². The van der Waals surface area contributed by atoms with Crippen LogP contribution < -0.4 is 4.90 Å². The van der Waals surface area contributed by atoms with E-state index in [0.29, 0.717) is 0 Å². The lowest BCUT2D eigenvalue weighted by Gasteiger charge is -2.31. The lowest BCUT2D eigenvalue weighted by molar-refractivity contribution is 0.437. The Morgan fingerprint density at radius 3 is 2.62 bits per heavy atom. The van der Waals surface area contributed by atoms with Gasteiger partial charge in [0, 0.05) is 24.0 Å². The van der Waals surface area contributed by atoms with Gasteiger partial charge in [-0.05, 0) is 49.1 Å². The van der Waals surface area contributed by atoms with E-state index in [1.165, 1.54) is 51.7 Å². The molecule has 1 saturated heterocycles. The molecular formula is C24H24N4S. The van der Waals surface area contributed by atoms with Crippen molar-refractivity contribution in [1.82, 2.24) is 15.0 Å². The van der Waals surface area contributed by atoms with E-state index in [9.17, 15) is 0 Å². The number of aromatic nitrogens is 3. The van der Waals surface area contributed by atoms with Crippen LogP contribution in [0.1, 0.15) is 37.3 Å². The highest BCUT2D eigenvalue weighted by Crippen LogP contribution is 2.44. The minimum Gasteiger partial charge on any atom is -0.355 e. The Morgan fingerprint density at radius 1 is 1.00 bits per heavy atom. The van der Waals surface area contributed by atoms with Gasteiger partial charge in [-0.15, -0.1) is 11.3 Å². The molecule has 6 rings (SSSR count). The second-order valence-corrected chi connectivity index (χ2v) is 9.46. The molecule has 0 radical (unpaired) electrons.